The SMILES string of the molecule is O=C(c1ccc(Cl)s1)N1CC(Cn2ncccc2=O)C1. The van der Waals surface area contributed by atoms with Gasteiger partial charge in [0.15, 0.2) is 0 Å². The van der Waals surface area contributed by atoms with Crippen LogP contribution in [-0.4, -0.2) is 33.7 Å². The molecule has 1 saturated heterocycles. The highest BCUT2D eigenvalue weighted by molar-refractivity contribution is 7.17. The predicted octanol–water partition coefficient (Wildman–Crippen LogP) is 1.73. The van der Waals surface area contributed by atoms with E-state index in [4.69, 9.17) is 11.6 Å². The monoisotopic (exact) mass is 309 g/mol. The van der Waals surface area contributed by atoms with Crippen molar-refractivity contribution in [3.63, 3.8) is 0 Å². The van der Waals surface area contributed by atoms with Crippen LogP contribution < -0.4 is 5.56 Å². The Morgan fingerprint density at radius 2 is 2.20 bits per heavy atom. The first kappa shape index (κ1) is 13.3. The lowest BCUT2D eigenvalue weighted by Crippen LogP contribution is -2.52. The van der Waals surface area contributed by atoms with Gasteiger partial charge in [0, 0.05) is 31.3 Å². The van der Waals surface area contributed by atoms with Crippen molar-refractivity contribution in [2.24, 2.45) is 5.92 Å². The van der Waals surface area contributed by atoms with Crippen LogP contribution in [0.1, 0.15) is 9.67 Å². The zero-order valence-electron chi connectivity index (χ0n) is 10.5. The number of aromatic nitrogens is 2. The second kappa shape index (κ2) is 5.38. The summed E-state index contributed by atoms with van der Waals surface area (Å²) in [5, 5.41) is 4.02. The Kier molecular flexibility index (Phi) is 3.58. The van der Waals surface area contributed by atoms with Gasteiger partial charge in [0.1, 0.15) is 0 Å². The summed E-state index contributed by atoms with van der Waals surface area (Å²) in [4.78, 5) is 26.1. The van der Waals surface area contributed by atoms with Crippen molar-refractivity contribution < 1.29 is 4.79 Å². The zero-order chi connectivity index (χ0) is 14.1. The van der Waals surface area contributed by atoms with E-state index in [1.807, 2.05) is 0 Å². The van der Waals surface area contributed by atoms with Crippen LogP contribution in [0, 0.1) is 5.92 Å². The summed E-state index contributed by atoms with van der Waals surface area (Å²) >= 11 is 7.11. The summed E-state index contributed by atoms with van der Waals surface area (Å²) in [7, 11) is 0. The molecule has 0 bridgehead atoms. The molecule has 0 aromatic carbocycles. The highest BCUT2D eigenvalue weighted by Crippen LogP contribution is 2.26. The Hall–Kier alpha value is -1.66. The second-order valence-electron chi connectivity index (χ2n) is 4.72. The maximum atomic E-state index is 12.1. The van der Waals surface area contributed by atoms with E-state index < -0.39 is 0 Å². The molecule has 3 heterocycles. The first-order valence-corrected chi connectivity index (χ1v) is 7.39. The van der Waals surface area contributed by atoms with Gasteiger partial charge < -0.3 is 4.90 Å². The molecule has 2 aromatic heterocycles. The van der Waals surface area contributed by atoms with Crippen molar-refractivity contribution in [1.82, 2.24) is 14.7 Å². The first-order valence-electron chi connectivity index (χ1n) is 6.20. The van der Waals surface area contributed by atoms with Crippen molar-refractivity contribution in [2.45, 2.75) is 6.54 Å². The van der Waals surface area contributed by atoms with Crippen molar-refractivity contribution in [3.8, 4) is 0 Å². The smallest absolute Gasteiger partial charge is 0.266 e. The van der Waals surface area contributed by atoms with E-state index in [0.29, 0.717) is 28.8 Å². The van der Waals surface area contributed by atoms with E-state index in [1.165, 1.54) is 22.1 Å². The fourth-order valence-electron chi connectivity index (χ4n) is 2.21. The number of carbonyl (C=O) groups excluding carboxylic acids is 1. The van der Waals surface area contributed by atoms with E-state index in [1.54, 1.807) is 29.3 Å². The lowest BCUT2D eigenvalue weighted by atomic mass is 10.00. The van der Waals surface area contributed by atoms with E-state index in [0.717, 1.165) is 0 Å². The maximum Gasteiger partial charge on any atom is 0.266 e. The number of thiophene rings is 1. The number of rotatable bonds is 3. The predicted molar refractivity (Wildman–Crippen MR) is 77.2 cm³/mol. The fraction of sp³-hybridized carbons (Fsp3) is 0.308. The molecule has 1 amide bonds. The fourth-order valence-corrected chi connectivity index (χ4v) is 3.22. The average Bonchev–Trinajstić information content (AvgIpc) is 2.81. The van der Waals surface area contributed by atoms with E-state index >= 15 is 0 Å². The molecule has 2 aromatic rings. The summed E-state index contributed by atoms with van der Waals surface area (Å²) in [5.74, 6) is 0.286. The minimum atomic E-state index is -0.109. The number of carbonyl (C=O) groups is 1. The largest absolute Gasteiger partial charge is 0.337 e. The van der Waals surface area contributed by atoms with Crippen molar-refractivity contribution in [2.75, 3.05) is 13.1 Å². The van der Waals surface area contributed by atoms with Gasteiger partial charge in [-0.25, -0.2) is 4.68 Å². The molecule has 0 unspecified atom stereocenters. The molecule has 1 fully saturated rings. The van der Waals surface area contributed by atoms with Crippen LogP contribution in [0.2, 0.25) is 4.34 Å². The van der Waals surface area contributed by atoms with Gasteiger partial charge in [-0.05, 0) is 18.2 Å². The second-order valence-corrected chi connectivity index (χ2v) is 6.44. The van der Waals surface area contributed by atoms with Gasteiger partial charge >= 0.3 is 0 Å². The molecule has 0 radical (unpaired) electrons. The summed E-state index contributed by atoms with van der Waals surface area (Å²) in [6, 6.07) is 6.58. The van der Waals surface area contributed by atoms with Crippen LogP contribution in [0.5, 0.6) is 0 Å². The molecule has 7 heteroatoms. The first-order chi connectivity index (χ1) is 9.63. The van der Waals surface area contributed by atoms with Gasteiger partial charge in [-0.3, -0.25) is 9.59 Å². The third-order valence-corrected chi connectivity index (χ3v) is 4.46. The van der Waals surface area contributed by atoms with Gasteiger partial charge in [-0.2, -0.15) is 5.10 Å². The van der Waals surface area contributed by atoms with Crippen LogP contribution in [0.4, 0.5) is 0 Å². The number of nitrogens with zero attached hydrogens (tertiary/aromatic N) is 3. The summed E-state index contributed by atoms with van der Waals surface area (Å²) < 4.78 is 2.06. The van der Waals surface area contributed by atoms with Gasteiger partial charge in [-0.1, -0.05) is 11.6 Å². The molecule has 20 heavy (non-hydrogen) atoms. The molecule has 104 valence electrons. The van der Waals surface area contributed by atoms with Crippen LogP contribution in [0.3, 0.4) is 0 Å². The minimum Gasteiger partial charge on any atom is -0.337 e. The van der Waals surface area contributed by atoms with Crippen molar-refractivity contribution in [3.05, 3.63) is 50.0 Å². The normalized spacial score (nSPS) is 15.2. The van der Waals surface area contributed by atoms with Crippen LogP contribution in [-0.2, 0) is 6.54 Å². The summed E-state index contributed by atoms with van der Waals surface area (Å²) in [5.41, 5.74) is -0.109. The molecule has 0 aliphatic carbocycles. The van der Waals surface area contributed by atoms with Crippen molar-refractivity contribution >= 4 is 28.8 Å². The highest BCUT2D eigenvalue weighted by atomic mass is 35.5. The zero-order valence-corrected chi connectivity index (χ0v) is 12.1. The lowest BCUT2D eigenvalue weighted by Gasteiger charge is -2.38. The van der Waals surface area contributed by atoms with Gasteiger partial charge in [0.05, 0.1) is 15.8 Å². The number of hydrogen-bond acceptors (Lipinski definition) is 4. The van der Waals surface area contributed by atoms with Crippen LogP contribution in [0.25, 0.3) is 0 Å². The topological polar surface area (TPSA) is 55.2 Å². The molecule has 0 saturated carbocycles. The Morgan fingerprint density at radius 3 is 2.85 bits per heavy atom. The average molecular weight is 310 g/mol. The van der Waals surface area contributed by atoms with Crippen LogP contribution in [0.15, 0.2) is 35.3 Å². The Balaban J connectivity index is 1.58. The maximum absolute atomic E-state index is 12.1. The number of likely N-dealkylation sites (tertiary alicyclic amines) is 1. The molecule has 1 aliphatic heterocycles. The molecule has 0 spiro atoms. The molecular weight excluding hydrogens is 298 g/mol. The standard InChI is InChI=1S/C13H12ClN3O2S/c14-11-4-3-10(20-11)13(19)16-6-9(7-16)8-17-12(18)2-1-5-15-17/h1-5,9H,6-8H2. The van der Waals surface area contributed by atoms with E-state index in [9.17, 15) is 9.59 Å². The van der Waals surface area contributed by atoms with Gasteiger partial charge in [-0.15, -0.1) is 11.3 Å². The van der Waals surface area contributed by atoms with Crippen LogP contribution >= 0.6 is 22.9 Å². The quantitative estimate of drug-likeness (QED) is 0.867. The Morgan fingerprint density at radius 1 is 1.40 bits per heavy atom. The lowest BCUT2D eigenvalue weighted by molar-refractivity contribution is 0.0463. The molecule has 0 atom stereocenters. The van der Waals surface area contributed by atoms with E-state index in [2.05, 4.69) is 5.10 Å². The molecular formula is C13H12ClN3O2S. The van der Waals surface area contributed by atoms with E-state index in [-0.39, 0.29) is 17.4 Å². The minimum absolute atomic E-state index is 0.00604. The van der Waals surface area contributed by atoms with Gasteiger partial charge in [0.2, 0.25) is 0 Å². The number of halogens is 1. The third kappa shape index (κ3) is 2.62. The Bertz CT molecular complexity index is 691. The Labute approximate surface area is 124 Å². The third-order valence-electron chi connectivity index (χ3n) is 3.24. The number of hydrogen-bond donors (Lipinski definition) is 0. The molecule has 5 nitrogen and oxygen atoms in total. The van der Waals surface area contributed by atoms with Gasteiger partial charge in [0.25, 0.3) is 11.5 Å². The van der Waals surface area contributed by atoms with Crippen molar-refractivity contribution in [1.29, 1.82) is 0 Å². The molecule has 0 N–H and O–H groups in total. The molecule has 1 aliphatic rings. The summed E-state index contributed by atoms with van der Waals surface area (Å²) in [6.45, 7) is 1.85. The summed E-state index contributed by atoms with van der Waals surface area (Å²) in [6.07, 6.45) is 1.59. The highest BCUT2D eigenvalue weighted by Gasteiger charge is 2.32. The number of amides is 1. The molecule has 3 rings (SSSR count).